The van der Waals surface area contributed by atoms with E-state index in [-0.39, 0.29) is 10.8 Å². The molecule has 0 bridgehead atoms. The van der Waals surface area contributed by atoms with Crippen molar-refractivity contribution in [1.82, 2.24) is 0 Å². The van der Waals surface area contributed by atoms with Crippen LogP contribution in [0.2, 0.25) is 0 Å². The van der Waals surface area contributed by atoms with E-state index < -0.39 is 0 Å². The van der Waals surface area contributed by atoms with E-state index in [9.17, 15) is 0 Å². The average molecular weight is 391 g/mol. The highest BCUT2D eigenvalue weighted by Crippen LogP contribution is 2.46. The smallest absolute Gasteiger partial charge is 0.118 e. The van der Waals surface area contributed by atoms with Crippen LogP contribution in [0.3, 0.4) is 0 Å². The first-order valence-electron chi connectivity index (χ1n) is 10.6. The molecule has 0 spiro atoms. The molecule has 0 unspecified atom stereocenters. The van der Waals surface area contributed by atoms with Crippen molar-refractivity contribution in [3.63, 3.8) is 0 Å². The third-order valence-electron chi connectivity index (χ3n) is 6.38. The third-order valence-corrected chi connectivity index (χ3v) is 6.38. The van der Waals surface area contributed by atoms with Gasteiger partial charge in [-0.3, -0.25) is 0 Å². The molecule has 3 nitrogen and oxygen atoms in total. The maximum Gasteiger partial charge on any atom is 0.118 e. The summed E-state index contributed by atoms with van der Waals surface area (Å²) >= 11 is 0. The highest BCUT2D eigenvalue weighted by molar-refractivity contribution is 6.00. The van der Waals surface area contributed by atoms with Gasteiger partial charge in [0.2, 0.25) is 0 Å². The molecule has 2 aromatic rings. The zero-order chi connectivity index (χ0) is 21.2. The van der Waals surface area contributed by atoms with Crippen molar-refractivity contribution in [1.29, 1.82) is 0 Å². The Bertz CT molecular complexity index is 934. The number of hydrogen-bond acceptors (Lipinski definition) is 3. The second kappa shape index (κ2) is 8.14. The fourth-order valence-corrected chi connectivity index (χ4v) is 4.21. The van der Waals surface area contributed by atoms with Crippen molar-refractivity contribution in [2.45, 2.75) is 71.6 Å². The van der Waals surface area contributed by atoms with Crippen LogP contribution in [0.1, 0.15) is 82.2 Å². The summed E-state index contributed by atoms with van der Waals surface area (Å²) in [6, 6.07) is 12.6. The molecule has 0 heterocycles. The first-order valence-corrected chi connectivity index (χ1v) is 10.6. The summed E-state index contributed by atoms with van der Waals surface area (Å²) in [5, 5.41) is 8.88. The molecule has 1 aliphatic carbocycles. The molecule has 0 aromatic heterocycles. The molecule has 3 heteroatoms. The topological polar surface area (TPSA) is 34.0 Å². The standard InChI is InChI=1S/C26H34N2O/c1-8-20-15-23-24(26(5,6)14-13-25(23,3)4)16-22(20)18(2)28-27-17-19-9-11-21(29-7)12-10-19/h9-12,15-17H,8,13-14H2,1-7H3. The maximum absolute atomic E-state index is 5.20. The van der Waals surface area contributed by atoms with Crippen LogP contribution in [-0.4, -0.2) is 19.0 Å². The number of benzene rings is 2. The summed E-state index contributed by atoms with van der Waals surface area (Å²) in [5.41, 5.74) is 7.95. The van der Waals surface area contributed by atoms with E-state index in [0.29, 0.717) is 0 Å². The summed E-state index contributed by atoms with van der Waals surface area (Å²) in [4.78, 5) is 0. The van der Waals surface area contributed by atoms with Gasteiger partial charge in [0.25, 0.3) is 0 Å². The molecule has 0 saturated carbocycles. The van der Waals surface area contributed by atoms with Crippen LogP contribution in [0.5, 0.6) is 5.75 Å². The Hall–Kier alpha value is -2.42. The summed E-state index contributed by atoms with van der Waals surface area (Å²) < 4.78 is 5.20. The lowest BCUT2D eigenvalue weighted by molar-refractivity contribution is 0.331. The van der Waals surface area contributed by atoms with Crippen LogP contribution >= 0.6 is 0 Å². The predicted molar refractivity (Wildman–Crippen MR) is 124 cm³/mol. The van der Waals surface area contributed by atoms with Crippen molar-refractivity contribution in [3.05, 3.63) is 64.2 Å². The van der Waals surface area contributed by atoms with Crippen LogP contribution in [0.4, 0.5) is 0 Å². The van der Waals surface area contributed by atoms with Crippen molar-refractivity contribution in [2.24, 2.45) is 10.2 Å². The minimum Gasteiger partial charge on any atom is -0.497 e. The molecule has 0 aliphatic heterocycles. The fraction of sp³-hybridized carbons (Fsp3) is 0.462. The van der Waals surface area contributed by atoms with Crippen LogP contribution in [0.15, 0.2) is 46.6 Å². The molecule has 0 radical (unpaired) electrons. The van der Waals surface area contributed by atoms with Crippen LogP contribution in [0.25, 0.3) is 0 Å². The Balaban J connectivity index is 1.96. The monoisotopic (exact) mass is 390 g/mol. The van der Waals surface area contributed by atoms with Gasteiger partial charge in [-0.05, 0) is 89.6 Å². The van der Waals surface area contributed by atoms with Gasteiger partial charge in [-0.25, -0.2) is 0 Å². The summed E-state index contributed by atoms with van der Waals surface area (Å²) in [6.45, 7) is 13.8. The van der Waals surface area contributed by atoms with Gasteiger partial charge in [0, 0.05) is 5.56 Å². The van der Waals surface area contributed by atoms with Crippen LogP contribution in [-0.2, 0) is 17.3 Å². The number of methoxy groups -OCH3 is 1. The van der Waals surface area contributed by atoms with E-state index in [1.807, 2.05) is 24.3 Å². The van der Waals surface area contributed by atoms with Crippen LogP contribution in [0, 0.1) is 0 Å². The minimum absolute atomic E-state index is 0.193. The molecule has 2 aromatic carbocycles. The number of nitrogens with zero attached hydrogens (tertiary/aromatic N) is 2. The highest BCUT2D eigenvalue weighted by Gasteiger charge is 2.37. The zero-order valence-corrected chi connectivity index (χ0v) is 19.0. The molecule has 0 amide bonds. The van der Waals surface area contributed by atoms with Crippen molar-refractivity contribution >= 4 is 11.9 Å². The fourth-order valence-electron chi connectivity index (χ4n) is 4.21. The quantitative estimate of drug-likeness (QED) is 0.427. The summed E-state index contributed by atoms with van der Waals surface area (Å²) in [7, 11) is 1.67. The lowest BCUT2D eigenvalue weighted by Crippen LogP contribution is -2.34. The van der Waals surface area contributed by atoms with E-state index in [4.69, 9.17) is 4.74 Å². The zero-order valence-electron chi connectivity index (χ0n) is 19.0. The molecule has 0 N–H and O–H groups in total. The Kier molecular flexibility index (Phi) is 5.97. The molecule has 3 rings (SSSR count). The lowest BCUT2D eigenvalue weighted by Gasteiger charge is -2.42. The van der Waals surface area contributed by atoms with Gasteiger partial charge in [0.05, 0.1) is 19.0 Å². The number of rotatable bonds is 5. The maximum atomic E-state index is 5.20. The normalized spacial score (nSPS) is 18.0. The van der Waals surface area contributed by atoms with Gasteiger partial charge in [0.15, 0.2) is 0 Å². The number of ether oxygens (including phenoxy) is 1. The van der Waals surface area contributed by atoms with Gasteiger partial charge in [-0.2, -0.15) is 10.2 Å². The van der Waals surface area contributed by atoms with E-state index >= 15 is 0 Å². The van der Waals surface area contributed by atoms with Gasteiger partial charge in [0.1, 0.15) is 5.75 Å². The largest absolute Gasteiger partial charge is 0.497 e. The predicted octanol–water partition coefficient (Wildman–Crippen LogP) is 6.45. The van der Waals surface area contributed by atoms with Crippen LogP contribution < -0.4 is 4.74 Å². The van der Waals surface area contributed by atoms with E-state index in [1.165, 1.54) is 35.1 Å². The highest BCUT2D eigenvalue weighted by atomic mass is 16.5. The minimum atomic E-state index is 0.193. The Labute approximate surface area is 175 Å². The first kappa shape index (κ1) is 21.3. The van der Waals surface area contributed by atoms with Gasteiger partial charge < -0.3 is 4.74 Å². The Morgan fingerprint density at radius 3 is 2.14 bits per heavy atom. The van der Waals surface area contributed by atoms with E-state index in [2.05, 4.69) is 63.9 Å². The number of aryl methyl sites for hydroxylation is 1. The lowest BCUT2D eigenvalue weighted by atomic mass is 9.62. The molecular formula is C26H34N2O. The van der Waals surface area contributed by atoms with Crippen molar-refractivity contribution in [3.8, 4) is 5.75 Å². The third kappa shape index (κ3) is 4.44. The molecule has 1 aliphatic rings. The molecule has 0 saturated heterocycles. The average Bonchev–Trinajstić information content (AvgIpc) is 2.71. The molecular weight excluding hydrogens is 356 g/mol. The number of fused-ring (bicyclic) bond motifs is 1. The van der Waals surface area contributed by atoms with Gasteiger partial charge in [-0.1, -0.05) is 40.7 Å². The number of hydrogen-bond donors (Lipinski definition) is 0. The first-order chi connectivity index (χ1) is 13.7. The molecule has 154 valence electrons. The summed E-state index contributed by atoms with van der Waals surface area (Å²) in [6.07, 6.45) is 5.23. The second-order valence-corrected chi connectivity index (χ2v) is 9.38. The van der Waals surface area contributed by atoms with Gasteiger partial charge in [-0.15, -0.1) is 0 Å². The van der Waals surface area contributed by atoms with E-state index in [1.54, 1.807) is 13.3 Å². The SMILES string of the molecule is CCc1cc2c(cc1C(C)=NN=Cc1ccc(OC)cc1)C(C)(C)CCC2(C)C. The molecule has 29 heavy (non-hydrogen) atoms. The van der Waals surface area contributed by atoms with E-state index in [0.717, 1.165) is 23.4 Å². The van der Waals surface area contributed by atoms with Crippen molar-refractivity contribution in [2.75, 3.05) is 7.11 Å². The van der Waals surface area contributed by atoms with Gasteiger partial charge >= 0.3 is 0 Å². The Morgan fingerprint density at radius 1 is 1.00 bits per heavy atom. The second-order valence-electron chi connectivity index (χ2n) is 9.38. The van der Waals surface area contributed by atoms with Crippen molar-refractivity contribution < 1.29 is 4.74 Å². The Morgan fingerprint density at radius 2 is 1.59 bits per heavy atom. The molecule has 0 fully saturated rings. The summed E-state index contributed by atoms with van der Waals surface area (Å²) in [5.74, 6) is 0.842. The molecule has 0 atom stereocenters.